The minimum absolute atomic E-state index is 0.0242. The normalized spacial score (nSPS) is 23.0. The summed E-state index contributed by atoms with van der Waals surface area (Å²) in [7, 11) is 1.89. The number of hydrogen-bond donors (Lipinski definition) is 4. The van der Waals surface area contributed by atoms with E-state index in [1.807, 2.05) is 53.9 Å². The van der Waals surface area contributed by atoms with E-state index in [2.05, 4.69) is 49.2 Å². The predicted octanol–water partition coefficient (Wildman–Crippen LogP) is 4.14. The van der Waals surface area contributed by atoms with Gasteiger partial charge in [-0.05, 0) is 36.5 Å². The molecule has 1 unspecified atom stereocenters. The van der Waals surface area contributed by atoms with Crippen LogP contribution in [0.15, 0.2) is 78.9 Å². The molecule has 4 atom stereocenters. The third kappa shape index (κ3) is 9.82. The molecule has 3 fully saturated rings. The van der Waals surface area contributed by atoms with Crippen molar-refractivity contribution in [3.05, 3.63) is 118 Å². The molecule has 0 saturated carbocycles. The molecule has 15 nitrogen and oxygen atoms in total. The van der Waals surface area contributed by atoms with Crippen LogP contribution >= 0.6 is 0 Å². The van der Waals surface area contributed by atoms with Crippen molar-refractivity contribution in [1.82, 2.24) is 28.4 Å². The molecule has 4 aromatic carbocycles. The molecule has 18 heteroatoms. The Morgan fingerprint density at radius 3 is 2.49 bits per heavy atom. The Morgan fingerprint density at radius 1 is 1.00 bits per heavy atom. The van der Waals surface area contributed by atoms with Crippen molar-refractivity contribution in [1.29, 1.82) is 0 Å². The number of aromatic nitrogens is 2. The van der Waals surface area contributed by atoms with Gasteiger partial charge in [0, 0.05) is 25.4 Å². The summed E-state index contributed by atoms with van der Waals surface area (Å²) >= 11 is -1.13. The minimum atomic E-state index is -1.13. The molecule has 5 N–H and O–H groups in total. The predicted molar refractivity (Wildman–Crippen MR) is 268 cm³/mol. The average molecular weight is 1110 g/mol. The summed E-state index contributed by atoms with van der Waals surface area (Å²) in [5.41, 5.74) is 9.49. The number of nitrogens with one attached hydrogen (secondary N) is 2. The second kappa shape index (κ2) is 21.1. The molecule has 73 heavy (non-hydrogen) atoms. The maximum atomic E-state index is 16.6. The van der Waals surface area contributed by atoms with Crippen LogP contribution in [0.4, 0.5) is 19.4 Å². The number of aliphatic hydroxyl groups is 1. The van der Waals surface area contributed by atoms with E-state index < -0.39 is 54.6 Å². The first-order chi connectivity index (χ1) is 35.2. The van der Waals surface area contributed by atoms with Crippen molar-refractivity contribution in [2.75, 3.05) is 57.4 Å². The maximum absolute atomic E-state index is 16.6. The number of fused-ring (bicyclic) bond motifs is 2. The van der Waals surface area contributed by atoms with E-state index in [0.29, 0.717) is 36.2 Å². The summed E-state index contributed by atoms with van der Waals surface area (Å²) in [6, 6.07) is 19.7. The SMILES string of the molecule is Cc1c(F)cc2c(c1-c1c(C(N)=O)ccc(OCCO)c1F)[C@H](C)C([I-]N[C@H]1CC=C[C@H](C(=O)N3CCC(CN4CCC(c5ccc6c(N7CCC(=O)NC7=O)nn(C)c6c5)CC4)CC3)C1)(c1ccccc1)O2. The van der Waals surface area contributed by atoms with Crippen LogP contribution in [0, 0.1) is 30.4 Å². The van der Waals surface area contributed by atoms with Crippen LogP contribution in [0.2, 0.25) is 0 Å². The van der Waals surface area contributed by atoms with Crippen LogP contribution in [-0.4, -0.2) is 107 Å². The van der Waals surface area contributed by atoms with Gasteiger partial charge in [0.2, 0.25) is 5.91 Å². The van der Waals surface area contributed by atoms with Crippen LogP contribution < -0.4 is 50.4 Å². The number of rotatable bonds is 14. The second-order valence-corrected chi connectivity index (χ2v) is 22.8. The molecule has 5 aliphatic rings. The van der Waals surface area contributed by atoms with E-state index >= 15 is 8.78 Å². The number of ether oxygens (including phenoxy) is 2. The topological polar surface area (TPSA) is 185 Å². The molecular weight excluding hydrogens is 1050 g/mol. The molecule has 10 rings (SSSR count). The van der Waals surface area contributed by atoms with E-state index in [4.69, 9.17) is 15.2 Å². The Morgan fingerprint density at radius 2 is 1.77 bits per heavy atom. The van der Waals surface area contributed by atoms with Crippen molar-refractivity contribution in [3.63, 3.8) is 0 Å². The number of anilines is 1. The molecule has 5 aromatic rings. The van der Waals surface area contributed by atoms with Crippen molar-refractivity contribution in [2.45, 2.75) is 80.3 Å². The number of primary amides is 1. The van der Waals surface area contributed by atoms with Gasteiger partial charge in [0.1, 0.15) is 0 Å². The van der Waals surface area contributed by atoms with Gasteiger partial charge in [0.15, 0.2) is 5.82 Å². The van der Waals surface area contributed by atoms with Gasteiger partial charge in [-0.2, -0.15) is 5.10 Å². The van der Waals surface area contributed by atoms with Crippen molar-refractivity contribution < 1.29 is 64.0 Å². The number of aliphatic hydroxyl groups excluding tert-OH is 1. The van der Waals surface area contributed by atoms with Crippen molar-refractivity contribution in [3.8, 4) is 22.6 Å². The van der Waals surface area contributed by atoms with E-state index in [1.165, 1.54) is 23.8 Å². The van der Waals surface area contributed by atoms with Gasteiger partial charge in [0.05, 0.1) is 5.52 Å². The van der Waals surface area contributed by atoms with Gasteiger partial charge in [-0.1, -0.05) is 6.07 Å². The summed E-state index contributed by atoms with van der Waals surface area (Å²) in [6.07, 6.45) is 9.75. The Kier molecular flexibility index (Phi) is 14.6. The average Bonchev–Trinajstić information content (AvgIpc) is 3.88. The number of nitrogens with two attached hydrogens (primary N) is 1. The van der Waals surface area contributed by atoms with Gasteiger partial charge in [-0.25, -0.2) is 4.79 Å². The fraction of sp³-hybridized carbons (Fsp3) is 0.436. The van der Waals surface area contributed by atoms with Crippen LogP contribution in [-0.2, 0) is 20.2 Å². The molecule has 0 spiro atoms. The number of aryl methyl sites for hydroxylation is 1. The quantitative estimate of drug-likeness (QED) is 0.0546. The first kappa shape index (κ1) is 50.6. The Balaban J connectivity index is 0.761. The van der Waals surface area contributed by atoms with Gasteiger partial charge >= 0.3 is 321 Å². The number of likely N-dealkylation sites (tertiary alicyclic amines) is 2. The number of hydrogen-bond acceptors (Lipinski definition) is 10. The summed E-state index contributed by atoms with van der Waals surface area (Å²) in [5.74, 6) is -1.68. The summed E-state index contributed by atoms with van der Waals surface area (Å²) in [5, 5.41) is 17.4. The number of nitrogens with zero attached hydrogens (tertiary/aromatic N) is 5. The first-order valence-corrected chi connectivity index (χ1v) is 27.5. The molecule has 0 radical (unpaired) electrons. The van der Waals surface area contributed by atoms with Crippen LogP contribution in [0.3, 0.4) is 0 Å². The van der Waals surface area contributed by atoms with Crippen LogP contribution in [0.1, 0.15) is 96.3 Å². The number of carbonyl (C=O) groups is 4. The number of halogens is 3. The molecule has 5 heterocycles. The molecule has 3 saturated heterocycles. The zero-order valence-electron chi connectivity index (χ0n) is 41.3. The fourth-order valence-electron chi connectivity index (χ4n) is 11.6. The first-order valence-electron chi connectivity index (χ1n) is 25.3. The number of amides is 5. The van der Waals surface area contributed by atoms with E-state index in [1.54, 1.807) is 11.8 Å². The number of imide groups is 1. The molecule has 1 aliphatic carbocycles. The van der Waals surface area contributed by atoms with Gasteiger partial charge in [-0.15, -0.1) is 0 Å². The molecule has 386 valence electrons. The third-order valence-corrected chi connectivity index (χ3v) is 19.3. The van der Waals surface area contributed by atoms with Crippen molar-refractivity contribution in [2.24, 2.45) is 24.6 Å². The van der Waals surface area contributed by atoms with E-state index in [0.717, 1.165) is 81.3 Å². The van der Waals surface area contributed by atoms with E-state index in [9.17, 15) is 24.3 Å². The van der Waals surface area contributed by atoms with Gasteiger partial charge in [0.25, 0.3) is 0 Å². The zero-order chi connectivity index (χ0) is 51.1. The Bertz CT molecular complexity index is 2970. The standard InChI is InChI=1S/C55H62F2IN8O7/c1-32-42(56)30-45-48(47(32)49-41(51(59)69)14-15-44(50(49)57)72-27-26-67)33(2)55(73-45,38-9-5-4-6-10-38)58-61-39-11-7-8-37(28-39)53(70)65-23-16-34(17-24-65)31-64-21-18-35(19-22-64)36-12-13-40-43(29-36)63(3)62-52(40)66-25-20-46(68)60-54(66)71/h4-10,12-15,29-30,33-35,37,39,61,67H,11,16-28,31H2,1-3H3,(H2,59,69)(H,60,68,71)/q-1/t33-,37-,39-,55?/m0/s1. The zero-order valence-corrected chi connectivity index (χ0v) is 43.5. The monoisotopic (exact) mass is 1110 g/mol. The molecule has 5 amide bonds. The summed E-state index contributed by atoms with van der Waals surface area (Å²) < 4.78 is 49.8. The summed E-state index contributed by atoms with van der Waals surface area (Å²) in [4.78, 5) is 57.5. The number of benzene rings is 4. The van der Waals surface area contributed by atoms with Crippen LogP contribution in [0.25, 0.3) is 22.0 Å². The molecule has 0 bridgehead atoms. The fourth-order valence-corrected chi connectivity index (χ4v) is 14.8. The Labute approximate surface area is 434 Å². The molecule has 4 aliphatic heterocycles. The number of carbonyl (C=O) groups excluding carboxylic acids is 4. The van der Waals surface area contributed by atoms with Crippen LogP contribution in [0.5, 0.6) is 11.5 Å². The number of urea groups is 1. The van der Waals surface area contributed by atoms with Gasteiger partial charge in [-0.3, -0.25) is 19.7 Å². The van der Waals surface area contributed by atoms with Crippen molar-refractivity contribution >= 4 is 40.5 Å². The van der Waals surface area contributed by atoms with Gasteiger partial charge < -0.3 is 0 Å². The van der Waals surface area contributed by atoms with E-state index in [-0.39, 0.29) is 77.2 Å². The molecule has 1 aromatic heterocycles. The second-order valence-electron chi connectivity index (χ2n) is 20.1. The number of piperidine rings is 2. The third-order valence-electron chi connectivity index (χ3n) is 15.6. The molecular formula is C55H62F2IN8O7-. The number of alkyl halides is 1. The Hall–Kier alpha value is -5.96. The summed E-state index contributed by atoms with van der Waals surface area (Å²) in [6.45, 7) is 7.79.